The Morgan fingerprint density at radius 1 is 0.867 bits per heavy atom. The fraction of sp³-hybridized carbons (Fsp3) is 0.0769. The third kappa shape index (κ3) is 1.39. The van der Waals surface area contributed by atoms with Crippen molar-refractivity contribution in [3.8, 4) is 11.1 Å². The van der Waals surface area contributed by atoms with Crippen molar-refractivity contribution in [3.05, 3.63) is 56.5 Å². The van der Waals surface area contributed by atoms with Gasteiger partial charge in [-0.25, -0.2) is 0 Å². The summed E-state index contributed by atoms with van der Waals surface area (Å²) in [5, 5.41) is 0. The first-order chi connectivity index (χ1) is 7.27. The van der Waals surface area contributed by atoms with E-state index in [0.717, 1.165) is 10.9 Å². The highest BCUT2D eigenvalue weighted by atomic mass is 79.9. The fourth-order valence-electron chi connectivity index (χ4n) is 2.15. The van der Waals surface area contributed by atoms with E-state index < -0.39 is 0 Å². The average Bonchev–Trinajstić information content (AvgIpc) is 2.62. The molecule has 0 spiro atoms. The number of benzene rings is 2. The molecule has 2 aromatic rings. The molecule has 0 heterocycles. The van der Waals surface area contributed by atoms with E-state index in [1.54, 1.807) is 0 Å². The normalized spacial score (nSPS) is 12.4. The number of halogens is 2. The van der Waals surface area contributed by atoms with Crippen LogP contribution in [0.4, 0.5) is 0 Å². The molecule has 0 saturated heterocycles. The van der Waals surface area contributed by atoms with Gasteiger partial charge < -0.3 is 0 Å². The van der Waals surface area contributed by atoms with Gasteiger partial charge in [0.1, 0.15) is 0 Å². The first-order valence-corrected chi connectivity index (χ1v) is 6.41. The fourth-order valence-corrected chi connectivity index (χ4v) is 3.08. The third-order valence-corrected chi connectivity index (χ3v) is 4.87. The van der Waals surface area contributed by atoms with Gasteiger partial charge in [-0.1, -0.05) is 30.3 Å². The predicted molar refractivity (Wildman–Crippen MR) is 70.1 cm³/mol. The van der Waals surface area contributed by atoms with Crippen LogP contribution < -0.4 is 0 Å². The number of hydrogen-bond acceptors (Lipinski definition) is 0. The van der Waals surface area contributed by atoms with Crippen LogP contribution in [0, 0.1) is 0 Å². The molecule has 0 nitrogen and oxygen atoms in total. The van der Waals surface area contributed by atoms with Crippen LogP contribution in [0.2, 0.25) is 0 Å². The lowest BCUT2D eigenvalue weighted by Crippen LogP contribution is -1.81. The van der Waals surface area contributed by atoms with Gasteiger partial charge in [0.25, 0.3) is 0 Å². The maximum Gasteiger partial charge on any atom is 0.0398 e. The Hall–Kier alpha value is -0.600. The summed E-state index contributed by atoms with van der Waals surface area (Å²) in [7, 11) is 0. The van der Waals surface area contributed by atoms with Crippen LogP contribution in [0.1, 0.15) is 11.1 Å². The minimum absolute atomic E-state index is 1.05. The zero-order chi connectivity index (χ0) is 10.4. The summed E-state index contributed by atoms with van der Waals surface area (Å²) in [6.07, 6.45) is 1.05. The number of rotatable bonds is 0. The molecule has 0 aromatic heterocycles. The molecule has 0 fully saturated rings. The second-order valence-corrected chi connectivity index (χ2v) is 5.38. The highest BCUT2D eigenvalue weighted by molar-refractivity contribution is 9.13. The Balaban J connectivity index is 2.36. The third-order valence-electron chi connectivity index (χ3n) is 2.85. The molecule has 2 aromatic carbocycles. The summed E-state index contributed by atoms with van der Waals surface area (Å²) in [6, 6.07) is 12.9. The van der Waals surface area contributed by atoms with E-state index in [-0.39, 0.29) is 0 Å². The Bertz CT molecular complexity index is 544. The van der Waals surface area contributed by atoms with Crippen LogP contribution in [0.3, 0.4) is 0 Å². The minimum atomic E-state index is 1.05. The molecule has 1 aliphatic rings. The van der Waals surface area contributed by atoms with Crippen LogP contribution >= 0.6 is 31.9 Å². The van der Waals surface area contributed by atoms with Crippen molar-refractivity contribution in [1.82, 2.24) is 0 Å². The molecular weight excluding hydrogens is 316 g/mol. The standard InChI is InChI=1S/C13H8Br2/c14-11-6-5-9-7-8-3-1-2-4-10(8)12(9)13(11)15/h1-6H,7H2. The first-order valence-electron chi connectivity index (χ1n) is 4.82. The minimum Gasteiger partial charge on any atom is -0.0619 e. The molecular formula is C13H8Br2. The van der Waals surface area contributed by atoms with Crippen molar-refractivity contribution < 1.29 is 0 Å². The molecule has 0 bridgehead atoms. The lowest BCUT2D eigenvalue weighted by molar-refractivity contribution is 1.26. The Labute approximate surface area is 106 Å². The first kappa shape index (κ1) is 9.61. The number of fused-ring (bicyclic) bond motifs is 3. The molecule has 3 rings (SSSR count). The van der Waals surface area contributed by atoms with Crippen LogP contribution in [0.25, 0.3) is 11.1 Å². The second-order valence-electron chi connectivity index (χ2n) is 3.73. The zero-order valence-corrected chi connectivity index (χ0v) is 11.1. The molecule has 0 saturated carbocycles. The van der Waals surface area contributed by atoms with Crippen LogP contribution in [-0.4, -0.2) is 0 Å². The van der Waals surface area contributed by atoms with Gasteiger partial charge in [-0.15, -0.1) is 0 Å². The van der Waals surface area contributed by atoms with E-state index in [1.807, 2.05) is 0 Å². The van der Waals surface area contributed by atoms with Gasteiger partial charge in [-0.2, -0.15) is 0 Å². The van der Waals surface area contributed by atoms with Gasteiger partial charge in [-0.3, -0.25) is 0 Å². The predicted octanol–water partition coefficient (Wildman–Crippen LogP) is 4.78. The highest BCUT2D eigenvalue weighted by Crippen LogP contribution is 2.43. The van der Waals surface area contributed by atoms with Crippen molar-refractivity contribution in [2.24, 2.45) is 0 Å². The summed E-state index contributed by atoms with van der Waals surface area (Å²) in [5.74, 6) is 0. The van der Waals surface area contributed by atoms with Gasteiger partial charge in [0.05, 0.1) is 0 Å². The molecule has 0 atom stereocenters. The van der Waals surface area contributed by atoms with Crippen LogP contribution in [0.15, 0.2) is 45.3 Å². The van der Waals surface area contributed by atoms with Gasteiger partial charge in [0.2, 0.25) is 0 Å². The lowest BCUT2D eigenvalue weighted by Gasteiger charge is -2.05. The van der Waals surface area contributed by atoms with E-state index in [4.69, 9.17) is 0 Å². The van der Waals surface area contributed by atoms with Gasteiger partial charge in [-0.05, 0) is 61.0 Å². The maximum absolute atomic E-state index is 3.65. The average molecular weight is 324 g/mol. The quantitative estimate of drug-likeness (QED) is 0.558. The smallest absolute Gasteiger partial charge is 0.0398 e. The van der Waals surface area contributed by atoms with Gasteiger partial charge >= 0.3 is 0 Å². The molecule has 74 valence electrons. The van der Waals surface area contributed by atoms with Crippen molar-refractivity contribution in [2.45, 2.75) is 6.42 Å². The van der Waals surface area contributed by atoms with Crippen molar-refractivity contribution >= 4 is 31.9 Å². The maximum atomic E-state index is 3.65. The second kappa shape index (κ2) is 3.46. The van der Waals surface area contributed by atoms with Gasteiger partial charge in [0.15, 0.2) is 0 Å². The molecule has 15 heavy (non-hydrogen) atoms. The molecule has 0 aliphatic heterocycles. The molecule has 0 radical (unpaired) electrons. The van der Waals surface area contributed by atoms with Crippen LogP contribution in [-0.2, 0) is 6.42 Å². The molecule has 0 N–H and O–H groups in total. The van der Waals surface area contributed by atoms with Crippen LogP contribution in [0.5, 0.6) is 0 Å². The highest BCUT2D eigenvalue weighted by Gasteiger charge is 2.21. The summed E-state index contributed by atoms with van der Waals surface area (Å²) < 4.78 is 2.29. The van der Waals surface area contributed by atoms with E-state index in [1.165, 1.54) is 26.7 Å². The van der Waals surface area contributed by atoms with Crippen molar-refractivity contribution in [3.63, 3.8) is 0 Å². The Kier molecular flexibility index (Phi) is 2.22. The van der Waals surface area contributed by atoms with E-state index >= 15 is 0 Å². The SMILES string of the molecule is Brc1ccc2c(c1Br)-c1ccccc1C2. The monoisotopic (exact) mass is 322 g/mol. The molecule has 2 heteroatoms. The number of hydrogen-bond donors (Lipinski definition) is 0. The van der Waals surface area contributed by atoms with Crippen molar-refractivity contribution in [2.75, 3.05) is 0 Å². The summed E-state index contributed by atoms with van der Waals surface area (Å²) >= 11 is 7.21. The molecule has 0 amide bonds. The topological polar surface area (TPSA) is 0 Å². The van der Waals surface area contributed by atoms with E-state index in [0.29, 0.717) is 0 Å². The Morgan fingerprint density at radius 2 is 1.67 bits per heavy atom. The van der Waals surface area contributed by atoms with E-state index in [2.05, 4.69) is 68.3 Å². The molecule has 1 aliphatic carbocycles. The largest absolute Gasteiger partial charge is 0.0619 e. The molecule has 0 unspecified atom stereocenters. The summed E-state index contributed by atoms with van der Waals surface area (Å²) in [4.78, 5) is 0. The van der Waals surface area contributed by atoms with E-state index in [9.17, 15) is 0 Å². The lowest BCUT2D eigenvalue weighted by atomic mass is 10.1. The summed E-state index contributed by atoms with van der Waals surface area (Å²) in [5.41, 5.74) is 5.54. The zero-order valence-electron chi connectivity index (χ0n) is 7.93. The van der Waals surface area contributed by atoms with Crippen molar-refractivity contribution in [1.29, 1.82) is 0 Å². The van der Waals surface area contributed by atoms with Gasteiger partial charge in [0, 0.05) is 14.5 Å². The Morgan fingerprint density at radius 3 is 2.53 bits per heavy atom. The summed E-state index contributed by atoms with van der Waals surface area (Å²) in [6.45, 7) is 0.